The number of halogens is 3. The molecule has 2 aromatic carbocycles. The first-order valence-electron chi connectivity index (χ1n) is 7.29. The Hall–Kier alpha value is -2.85. The molecule has 0 aliphatic carbocycles. The molecule has 0 unspecified atom stereocenters. The zero-order valence-electron chi connectivity index (χ0n) is 13.1. The number of para-hydroxylation sites is 1. The summed E-state index contributed by atoms with van der Waals surface area (Å²) in [5, 5.41) is 9.18. The first-order chi connectivity index (χ1) is 11.9. The van der Waals surface area contributed by atoms with Crippen LogP contribution in [-0.2, 0) is 6.18 Å². The highest BCUT2D eigenvalue weighted by Gasteiger charge is 2.30. The van der Waals surface area contributed by atoms with Crippen LogP contribution in [0, 0.1) is 18.3 Å². The van der Waals surface area contributed by atoms with Crippen molar-refractivity contribution >= 4 is 17.0 Å². The Kier molecular flexibility index (Phi) is 4.47. The minimum Gasteiger partial charge on any atom is -0.292 e. The van der Waals surface area contributed by atoms with Crippen LogP contribution in [0.5, 0.6) is 0 Å². The van der Waals surface area contributed by atoms with Crippen LogP contribution in [0.15, 0.2) is 59.7 Å². The molecule has 0 saturated carbocycles. The second kappa shape index (κ2) is 6.57. The predicted octanol–water partition coefficient (Wildman–Crippen LogP) is 4.97. The van der Waals surface area contributed by atoms with Crippen molar-refractivity contribution in [2.45, 2.75) is 13.1 Å². The highest BCUT2D eigenvalue weighted by Crippen LogP contribution is 2.30. The van der Waals surface area contributed by atoms with Crippen LogP contribution in [0.3, 0.4) is 0 Å². The molecule has 1 aromatic heterocycles. The van der Waals surface area contributed by atoms with Crippen LogP contribution in [-0.4, -0.2) is 4.57 Å². The zero-order chi connectivity index (χ0) is 18.0. The van der Waals surface area contributed by atoms with Gasteiger partial charge >= 0.3 is 6.18 Å². The van der Waals surface area contributed by atoms with E-state index in [1.807, 2.05) is 6.92 Å². The van der Waals surface area contributed by atoms with Gasteiger partial charge in [-0.2, -0.15) is 18.4 Å². The maximum atomic E-state index is 13.0. The van der Waals surface area contributed by atoms with Gasteiger partial charge in [0.2, 0.25) is 0 Å². The third kappa shape index (κ3) is 3.64. The largest absolute Gasteiger partial charge is 0.416 e. The summed E-state index contributed by atoms with van der Waals surface area (Å²) in [6, 6.07) is 14.0. The van der Waals surface area contributed by atoms with Crippen molar-refractivity contribution in [3.63, 3.8) is 0 Å². The number of nitriles is 1. The van der Waals surface area contributed by atoms with Gasteiger partial charge in [-0.15, -0.1) is 11.3 Å². The standard InChI is InChI=1S/C18H12F3N3S/c1-12-11-24(15-7-4-6-14(9-15)18(19,20)21)17(25-12)23-16-8-3-2-5-13(16)10-22/h2-9,11H,1H3. The molecular weight excluding hydrogens is 347 g/mol. The number of thiazole rings is 1. The average molecular weight is 359 g/mol. The second-order valence-electron chi connectivity index (χ2n) is 5.28. The van der Waals surface area contributed by atoms with Crippen molar-refractivity contribution in [2.75, 3.05) is 0 Å². The highest BCUT2D eigenvalue weighted by molar-refractivity contribution is 7.09. The summed E-state index contributed by atoms with van der Waals surface area (Å²) in [4.78, 5) is 5.87. The van der Waals surface area contributed by atoms with E-state index in [1.165, 1.54) is 17.4 Å². The molecule has 0 radical (unpaired) electrons. The van der Waals surface area contributed by atoms with Gasteiger partial charge in [0.15, 0.2) is 4.80 Å². The predicted molar refractivity (Wildman–Crippen MR) is 89.8 cm³/mol. The van der Waals surface area contributed by atoms with E-state index in [9.17, 15) is 18.4 Å². The smallest absolute Gasteiger partial charge is 0.292 e. The normalized spacial score (nSPS) is 12.2. The topological polar surface area (TPSA) is 41.1 Å². The molecule has 0 aliphatic heterocycles. The summed E-state index contributed by atoms with van der Waals surface area (Å²) in [5.41, 5.74) is 0.536. The van der Waals surface area contributed by atoms with Crippen LogP contribution in [0.4, 0.5) is 18.9 Å². The lowest BCUT2D eigenvalue weighted by Crippen LogP contribution is -2.13. The number of nitrogens with zero attached hydrogens (tertiary/aromatic N) is 3. The minimum atomic E-state index is -4.41. The van der Waals surface area contributed by atoms with Crippen LogP contribution in [0.1, 0.15) is 16.0 Å². The molecule has 0 atom stereocenters. The van der Waals surface area contributed by atoms with Crippen LogP contribution < -0.4 is 4.80 Å². The number of aromatic nitrogens is 1. The lowest BCUT2D eigenvalue weighted by molar-refractivity contribution is -0.137. The van der Waals surface area contributed by atoms with Crippen molar-refractivity contribution < 1.29 is 13.2 Å². The van der Waals surface area contributed by atoms with Crippen molar-refractivity contribution in [2.24, 2.45) is 4.99 Å². The van der Waals surface area contributed by atoms with Crippen molar-refractivity contribution in [1.82, 2.24) is 4.57 Å². The fraction of sp³-hybridized carbons (Fsp3) is 0.111. The maximum absolute atomic E-state index is 13.0. The van der Waals surface area contributed by atoms with E-state index in [0.29, 0.717) is 21.7 Å². The number of rotatable bonds is 2. The summed E-state index contributed by atoms with van der Waals surface area (Å²) in [5.74, 6) is 0. The molecule has 25 heavy (non-hydrogen) atoms. The Labute approximate surface area is 145 Å². The lowest BCUT2D eigenvalue weighted by Gasteiger charge is -2.09. The van der Waals surface area contributed by atoms with E-state index in [-0.39, 0.29) is 0 Å². The van der Waals surface area contributed by atoms with E-state index in [2.05, 4.69) is 11.1 Å². The Morgan fingerprint density at radius 1 is 1.12 bits per heavy atom. The van der Waals surface area contributed by atoms with E-state index < -0.39 is 11.7 Å². The summed E-state index contributed by atoms with van der Waals surface area (Å²) in [6.07, 6.45) is -2.68. The Bertz CT molecular complexity index is 1020. The van der Waals surface area contributed by atoms with Crippen molar-refractivity contribution in [3.8, 4) is 11.8 Å². The summed E-state index contributed by atoms with van der Waals surface area (Å²) in [7, 11) is 0. The summed E-state index contributed by atoms with van der Waals surface area (Å²) in [6.45, 7) is 1.85. The highest BCUT2D eigenvalue weighted by atomic mass is 32.1. The molecule has 0 amide bonds. The van der Waals surface area contributed by atoms with E-state index in [0.717, 1.165) is 17.0 Å². The van der Waals surface area contributed by atoms with Crippen molar-refractivity contribution in [1.29, 1.82) is 5.26 Å². The van der Waals surface area contributed by atoms with Gasteiger partial charge in [0.1, 0.15) is 6.07 Å². The van der Waals surface area contributed by atoms with Crippen LogP contribution in [0.25, 0.3) is 5.69 Å². The molecule has 126 valence electrons. The zero-order valence-corrected chi connectivity index (χ0v) is 13.9. The van der Waals surface area contributed by atoms with Crippen LogP contribution in [0.2, 0.25) is 0 Å². The second-order valence-corrected chi connectivity index (χ2v) is 6.50. The van der Waals surface area contributed by atoms with E-state index >= 15 is 0 Å². The van der Waals surface area contributed by atoms with Gasteiger partial charge in [-0.05, 0) is 37.3 Å². The molecule has 3 aromatic rings. The quantitative estimate of drug-likeness (QED) is 0.637. The third-order valence-electron chi connectivity index (χ3n) is 3.46. The number of hydrogen-bond donors (Lipinski definition) is 0. The molecular formula is C18H12F3N3S. The average Bonchev–Trinajstić information content (AvgIpc) is 2.95. The Morgan fingerprint density at radius 2 is 1.88 bits per heavy atom. The van der Waals surface area contributed by atoms with Gasteiger partial charge < -0.3 is 0 Å². The fourth-order valence-corrected chi connectivity index (χ4v) is 3.17. The minimum absolute atomic E-state index is 0.368. The van der Waals surface area contributed by atoms with Gasteiger partial charge in [-0.25, -0.2) is 4.99 Å². The molecule has 0 bridgehead atoms. The molecule has 0 saturated heterocycles. The van der Waals surface area contributed by atoms with Gasteiger partial charge in [0, 0.05) is 16.8 Å². The summed E-state index contributed by atoms with van der Waals surface area (Å²) < 4.78 is 40.5. The fourth-order valence-electron chi connectivity index (χ4n) is 2.32. The molecule has 0 spiro atoms. The summed E-state index contributed by atoms with van der Waals surface area (Å²) >= 11 is 1.34. The molecule has 0 fully saturated rings. The first-order valence-corrected chi connectivity index (χ1v) is 8.11. The van der Waals surface area contributed by atoms with Crippen LogP contribution >= 0.6 is 11.3 Å². The lowest BCUT2D eigenvalue weighted by atomic mass is 10.2. The van der Waals surface area contributed by atoms with E-state index in [1.54, 1.807) is 41.1 Å². The SMILES string of the molecule is Cc1cn(-c2cccc(C(F)(F)F)c2)c(=Nc2ccccc2C#N)s1. The van der Waals surface area contributed by atoms with Gasteiger partial charge in [-0.3, -0.25) is 4.57 Å². The van der Waals surface area contributed by atoms with Gasteiger partial charge in [-0.1, -0.05) is 18.2 Å². The van der Waals surface area contributed by atoms with Gasteiger partial charge in [0.05, 0.1) is 16.8 Å². The number of alkyl halides is 3. The third-order valence-corrected chi connectivity index (χ3v) is 4.36. The maximum Gasteiger partial charge on any atom is 0.416 e. The Morgan fingerprint density at radius 3 is 2.60 bits per heavy atom. The Balaban J connectivity index is 2.18. The molecule has 0 N–H and O–H groups in total. The number of aryl methyl sites for hydroxylation is 1. The monoisotopic (exact) mass is 359 g/mol. The molecule has 7 heteroatoms. The number of benzene rings is 2. The molecule has 1 heterocycles. The number of hydrogen-bond acceptors (Lipinski definition) is 3. The van der Waals surface area contributed by atoms with E-state index in [4.69, 9.17) is 0 Å². The molecule has 3 rings (SSSR count). The van der Waals surface area contributed by atoms with Gasteiger partial charge in [0.25, 0.3) is 0 Å². The van der Waals surface area contributed by atoms with Crippen molar-refractivity contribution in [3.05, 3.63) is 75.5 Å². The molecule has 3 nitrogen and oxygen atoms in total. The molecule has 0 aliphatic rings. The first kappa shape index (κ1) is 17.0.